The molecule has 5 heteroatoms. The highest BCUT2D eigenvalue weighted by molar-refractivity contribution is 7.13. The van der Waals surface area contributed by atoms with Gasteiger partial charge in [-0.2, -0.15) is 0 Å². The number of benzene rings is 2. The molecule has 0 saturated carbocycles. The minimum atomic E-state index is 0.0432. The van der Waals surface area contributed by atoms with Crippen LogP contribution in [0.25, 0.3) is 10.8 Å². The lowest BCUT2D eigenvalue weighted by Crippen LogP contribution is -2.86. The number of aromatic nitrogens is 2. The molecule has 0 radical (unpaired) electrons. The lowest BCUT2D eigenvalue weighted by atomic mass is 9.98. The van der Waals surface area contributed by atoms with Gasteiger partial charge >= 0.3 is 0 Å². The maximum atomic E-state index is 5.92. The van der Waals surface area contributed by atoms with E-state index in [1.54, 1.807) is 11.3 Å². The molecule has 0 amide bonds. The highest BCUT2D eigenvalue weighted by Crippen LogP contribution is 2.25. The Labute approximate surface area is 156 Å². The summed E-state index contributed by atoms with van der Waals surface area (Å²) in [6.07, 6.45) is 0. The summed E-state index contributed by atoms with van der Waals surface area (Å²) in [4.78, 5) is 0.999. The molecule has 0 aliphatic carbocycles. The first kappa shape index (κ1) is 16.7. The van der Waals surface area contributed by atoms with Crippen molar-refractivity contribution in [1.29, 1.82) is 0 Å². The lowest BCUT2D eigenvalue weighted by molar-refractivity contribution is -0.725. The Balaban J connectivity index is 1.60. The van der Waals surface area contributed by atoms with Gasteiger partial charge in [0, 0.05) is 11.1 Å². The van der Waals surface area contributed by atoms with Gasteiger partial charge in [-0.15, -0.1) is 21.5 Å². The average molecular weight is 362 g/mol. The molecular formula is C21H20N3OS+. The number of rotatable bonds is 6. The third kappa shape index (κ3) is 3.59. The third-order valence-electron chi connectivity index (χ3n) is 4.36. The van der Waals surface area contributed by atoms with E-state index in [2.05, 4.69) is 71.0 Å². The lowest BCUT2D eigenvalue weighted by Gasteiger charge is -2.19. The third-order valence-corrected chi connectivity index (χ3v) is 5.22. The number of quaternary nitrogens is 1. The first-order chi connectivity index (χ1) is 12.8. The van der Waals surface area contributed by atoms with E-state index in [0.717, 1.165) is 4.88 Å². The molecule has 0 bridgehead atoms. The molecule has 2 aromatic carbocycles. The van der Waals surface area contributed by atoms with E-state index in [1.807, 2.05) is 29.6 Å². The molecule has 1 atom stereocenters. The van der Waals surface area contributed by atoms with E-state index in [9.17, 15) is 0 Å². The zero-order valence-corrected chi connectivity index (χ0v) is 15.3. The second-order valence-corrected chi connectivity index (χ2v) is 7.15. The van der Waals surface area contributed by atoms with Gasteiger partial charge in [-0.3, -0.25) is 0 Å². The Morgan fingerprint density at radius 2 is 1.50 bits per heavy atom. The smallest absolute Gasteiger partial charge is 0.274 e. The van der Waals surface area contributed by atoms with E-state index in [4.69, 9.17) is 4.42 Å². The summed E-state index contributed by atoms with van der Waals surface area (Å²) >= 11 is 1.60. The van der Waals surface area contributed by atoms with Gasteiger partial charge in [0.2, 0.25) is 0 Å². The molecule has 2 N–H and O–H groups in total. The molecular weight excluding hydrogens is 342 g/mol. The number of thiophene rings is 1. The van der Waals surface area contributed by atoms with Crippen molar-refractivity contribution >= 4 is 11.3 Å². The van der Waals surface area contributed by atoms with Gasteiger partial charge in [0.25, 0.3) is 11.8 Å². The van der Waals surface area contributed by atoms with Gasteiger partial charge in [0.05, 0.1) is 4.88 Å². The zero-order valence-electron chi connectivity index (χ0n) is 14.4. The van der Waals surface area contributed by atoms with Gasteiger partial charge in [0.1, 0.15) is 6.04 Å². The molecule has 130 valence electrons. The summed E-state index contributed by atoms with van der Waals surface area (Å²) in [6.45, 7) is 2.10. The Morgan fingerprint density at radius 1 is 0.846 bits per heavy atom. The van der Waals surface area contributed by atoms with Crippen LogP contribution in [0.2, 0.25) is 0 Å². The summed E-state index contributed by atoms with van der Waals surface area (Å²) in [5.74, 6) is 1.23. The van der Waals surface area contributed by atoms with Gasteiger partial charge in [0.15, 0.2) is 6.04 Å². The number of hydrogen-bond acceptors (Lipinski definition) is 4. The predicted octanol–water partition coefficient (Wildman–Crippen LogP) is 4.21. The Morgan fingerprint density at radius 3 is 2.08 bits per heavy atom. The molecule has 4 rings (SSSR count). The first-order valence-electron chi connectivity index (χ1n) is 8.63. The van der Waals surface area contributed by atoms with Crippen LogP contribution in [0.1, 0.15) is 36.0 Å². The highest BCUT2D eigenvalue weighted by atomic mass is 32.1. The van der Waals surface area contributed by atoms with Crippen LogP contribution >= 0.6 is 11.3 Å². The van der Waals surface area contributed by atoms with Crippen LogP contribution in [0.5, 0.6) is 0 Å². The molecule has 4 aromatic rings. The summed E-state index contributed by atoms with van der Waals surface area (Å²) in [6, 6.07) is 25.2. The first-order valence-corrected chi connectivity index (χ1v) is 9.51. The van der Waals surface area contributed by atoms with Crippen molar-refractivity contribution in [2.24, 2.45) is 0 Å². The largest absolute Gasteiger partial charge is 0.414 e. The number of hydrogen-bond donors (Lipinski definition) is 1. The van der Waals surface area contributed by atoms with Crippen molar-refractivity contribution in [2.45, 2.75) is 19.0 Å². The molecule has 26 heavy (non-hydrogen) atoms. The fourth-order valence-electron chi connectivity index (χ4n) is 3.02. The second-order valence-electron chi connectivity index (χ2n) is 6.20. The molecule has 0 unspecified atom stereocenters. The average Bonchev–Trinajstić information content (AvgIpc) is 3.39. The summed E-state index contributed by atoms with van der Waals surface area (Å²) in [5, 5.41) is 12.8. The van der Waals surface area contributed by atoms with Crippen LogP contribution in [-0.4, -0.2) is 10.2 Å². The zero-order chi connectivity index (χ0) is 17.8. The van der Waals surface area contributed by atoms with Gasteiger partial charge in [-0.1, -0.05) is 66.7 Å². The molecule has 4 nitrogen and oxygen atoms in total. The summed E-state index contributed by atoms with van der Waals surface area (Å²) < 4.78 is 5.92. The molecule has 2 heterocycles. The molecule has 0 aliphatic heterocycles. The Bertz CT molecular complexity index is 896. The molecule has 0 fully saturated rings. The number of nitrogens with two attached hydrogens (primary N) is 1. The van der Waals surface area contributed by atoms with Crippen molar-refractivity contribution < 1.29 is 9.73 Å². The monoisotopic (exact) mass is 362 g/mol. The SMILES string of the molecule is C[C@@H]([NH2+]C(c1ccccc1)c1ccccc1)c1nnc(-c2cccs2)o1. The van der Waals surface area contributed by atoms with Gasteiger partial charge in [-0.05, 0) is 18.4 Å². The standard InChI is InChI=1S/C21H19N3OS/c1-15(20-23-24-21(25-20)18-13-8-14-26-18)22-19(16-9-4-2-5-10-16)17-11-6-3-7-12-17/h2-15,19,22H,1H3/p+1/t15-/m1/s1. The predicted molar refractivity (Wildman–Crippen MR) is 103 cm³/mol. The summed E-state index contributed by atoms with van der Waals surface area (Å²) in [7, 11) is 0. The van der Waals surface area contributed by atoms with E-state index >= 15 is 0 Å². The van der Waals surface area contributed by atoms with Crippen molar-refractivity contribution in [1.82, 2.24) is 10.2 Å². The van der Waals surface area contributed by atoms with E-state index in [0.29, 0.717) is 11.8 Å². The Kier molecular flexibility index (Phi) is 4.91. The maximum absolute atomic E-state index is 5.92. The molecule has 0 spiro atoms. The summed E-state index contributed by atoms with van der Waals surface area (Å²) in [5.41, 5.74) is 2.51. The van der Waals surface area contributed by atoms with Gasteiger partial charge in [-0.25, -0.2) is 0 Å². The molecule has 0 saturated heterocycles. The van der Waals surface area contributed by atoms with Crippen LogP contribution in [0.15, 0.2) is 82.6 Å². The fourth-order valence-corrected chi connectivity index (χ4v) is 3.67. The van der Waals surface area contributed by atoms with Crippen LogP contribution in [0, 0.1) is 0 Å². The van der Waals surface area contributed by atoms with Crippen LogP contribution in [-0.2, 0) is 0 Å². The minimum Gasteiger partial charge on any atom is -0.414 e. The topological polar surface area (TPSA) is 55.5 Å². The minimum absolute atomic E-state index is 0.0432. The quantitative estimate of drug-likeness (QED) is 0.559. The Hall–Kier alpha value is -2.76. The van der Waals surface area contributed by atoms with E-state index in [-0.39, 0.29) is 12.1 Å². The van der Waals surface area contributed by atoms with E-state index < -0.39 is 0 Å². The van der Waals surface area contributed by atoms with Crippen molar-refractivity contribution in [3.05, 3.63) is 95.2 Å². The van der Waals surface area contributed by atoms with Crippen LogP contribution < -0.4 is 5.32 Å². The second kappa shape index (κ2) is 7.64. The molecule has 0 aliphatic rings. The van der Waals surface area contributed by atoms with E-state index in [1.165, 1.54) is 11.1 Å². The fraction of sp³-hybridized carbons (Fsp3) is 0.143. The highest BCUT2D eigenvalue weighted by Gasteiger charge is 2.25. The normalized spacial score (nSPS) is 12.4. The van der Waals surface area contributed by atoms with Crippen LogP contribution in [0.3, 0.4) is 0 Å². The van der Waals surface area contributed by atoms with Crippen molar-refractivity contribution in [2.75, 3.05) is 0 Å². The van der Waals surface area contributed by atoms with Gasteiger partial charge < -0.3 is 9.73 Å². The van der Waals surface area contributed by atoms with Crippen molar-refractivity contribution in [3.8, 4) is 10.8 Å². The molecule has 2 aromatic heterocycles. The maximum Gasteiger partial charge on any atom is 0.274 e. The van der Waals surface area contributed by atoms with Crippen LogP contribution in [0.4, 0.5) is 0 Å². The van der Waals surface area contributed by atoms with Crippen molar-refractivity contribution in [3.63, 3.8) is 0 Å². The number of nitrogens with zero attached hydrogens (tertiary/aromatic N) is 2.